The average molecular weight is 648 g/mol. The van der Waals surface area contributed by atoms with Crippen LogP contribution in [0.5, 0.6) is 5.75 Å². The third-order valence-electron chi connectivity index (χ3n) is 8.18. The Morgan fingerprint density at radius 3 is 2.48 bits per heavy atom. The molecule has 7 N–H and O–H groups in total. The number of benzene rings is 1. The van der Waals surface area contributed by atoms with Crippen molar-refractivity contribution in [1.29, 1.82) is 5.41 Å². The summed E-state index contributed by atoms with van der Waals surface area (Å²) in [5, 5.41) is 15.3. The van der Waals surface area contributed by atoms with Gasteiger partial charge in [0.2, 0.25) is 11.8 Å². The van der Waals surface area contributed by atoms with Gasteiger partial charge in [0.05, 0.1) is 36.2 Å². The largest absolute Gasteiger partial charge is 0.491 e. The van der Waals surface area contributed by atoms with Crippen LogP contribution in [0.25, 0.3) is 0 Å². The highest BCUT2D eigenvalue weighted by Crippen LogP contribution is 2.26. The van der Waals surface area contributed by atoms with Gasteiger partial charge >= 0.3 is 0 Å². The van der Waals surface area contributed by atoms with Gasteiger partial charge in [0.15, 0.2) is 5.13 Å². The van der Waals surface area contributed by atoms with Crippen LogP contribution in [0.4, 0.5) is 16.6 Å². The fourth-order valence-corrected chi connectivity index (χ4v) is 6.57. The van der Waals surface area contributed by atoms with Gasteiger partial charge in [-0.15, -0.1) is 0 Å². The minimum absolute atomic E-state index is 0.0471. The van der Waals surface area contributed by atoms with Crippen LogP contribution < -0.4 is 31.4 Å². The Balaban J connectivity index is 1.16. The Labute approximate surface area is 273 Å². The number of nitrogens with zero attached hydrogens (tertiary/aromatic N) is 6. The topological polar surface area (TPSA) is 184 Å². The molecule has 2 aliphatic rings. The van der Waals surface area contributed by atoms with Crippen LogP contribution in [-0.2, 0) is 9.59 Å². The number of nitrogens with one attached hydrogen (secondary N) is 1. The minimum atomic E-state index is -0.258. The maximum absolute atomic E-state index is 13.7. The molecule has 0 spiro atoms. The number of pyridine rings is 1. The number of amides is 2. The zero-order valence-corrected chi connectivity index (χ0v) is 27.4. The number of anilines is 3. The van der Waals surface area contributed by atoms with Crippen molar-refractivity contribution < 1.29 is 19.7 Å². The number of nitrogen functional groups attached to an aromatic ring is 1. The summed E-state index contributed by atoms with van der Waals surface area (Å²) >= 11 is 1.45. The van der Waals surface area contributed by atoms with Gasteiger partial charge in [-0.2, -0.15) is 0 Å². The van der Waals surface area contributed by atoms with Crippen LogP contribution in [0.3, 0.4) is 0 Å². The van der Waals surface area contributed by atoms with Crippen molar-refractivity contribution in [1.82, 2.24) is 19.8 Å². The van der Waals surface area contributed by atoms with E-state index in [0.717, 1.165) is 15.8 Å². The third-order valence-corrected chi connectivity index (χ3v) is 9.29. The number of hydrogen-bond acceptors (Lipinski definition) is 10. The number of carbonyl (C=O) groups is 2. The van der Waals surface area contributed by atoms with Crippen molar-refractivity contribution in [2.75, 3.05) is 67.9 Å². The summed E-state index contributed by atoms with van der Waals surface area (Å²) in [5.41, 5.74) is 13.4. The highest BCUT2D eigenvalue weighted by Gasteiger charge is 2.34. The molecule has 0 saturated carbocycles. The van der Waals surface area contributed by atoms with Crippen molar-refractivity contribution in [3.63, 3.8) is 0 Å². The van der Waals surface area contributed by atoms with Gasteiger partial charge in [0, 0.05) is 44.8 Å². The van der Waals surface area contributed by atoms with Crippen molar-refractivity contribution in [2.45, 2.75) is 33.3 Å². The minimum Gasteiger partial charge on any atom is -0.491 e. The summed E-state index contributed by atoms with van der Waals surface area (Å²) in [4.78, 5) is 44.5. The number of ether oxygens (including phenoxy) is 1. The van der Waals surface area contributed by atoms with Crippen LogP contribution in [0.2, 0.25) is 0 Å². The number of carbonyl (C=O) groups excluding carboxylic acids is 2. The van der Waals surface area contributed by atoms with Crippen LogP contribution >= 0.6 is 11.3 Å². The number of rotatable bonds is 11. The Hall–Kier alpha value is -4.56. The average Bonchev–Trinajstić information content (AvgIpc) is 3.73. The van der Waals surface area contributed by atoms with E-state index in [4.69, 9.17) is 27.0 Å². The van der Waals surface area contributed by atoms with Crippen LogP contribution in [-0.4, -0.2) is 102 Å². The molecule has 244 valence electrons. The number of likely N-dealkylation sites (tertiary alicyclic amines) is 1. The zero-order valence-electron chi connectivity index (χ0n) is 26.6. The summed E-state index contributed by atoms with van der Waals surface area (Å²) in [7, 11) is 0. The molecule has 14 heteroatoms. The van der Waals surface area contributed by atoms with Crippen molar-refractivity contribution in [3.05, 3.63) is 58.7 Å². The summed E-state index contributed by atoms with van der Waals surface area (Å²) in [6.45, 7) is 10.2. The number of amidine groups is 1. The Morgan fingerprint density at radius 2 is 1.85 bits per heavy atom. The second kappa shape index (κ2) is 14.3. The van der Waals surface area contributed by atoms with Crippen molar-refractivity contribution >= 4 is 51.3 Å². The van der Waals surface area contributed by atoms with Gasteiger partial charge in [-0.25, -0.2) is 9.97 Å². The second-order valence-electron chi connectivity index (χ2n) is 11.8. The quantitative estimate of drug-likeness (QED) is 0.173. The zero-order chi connectivity index (χ0) is 33.0. The van der Waals surface area contributed by atoms with E-state index in [-0.39, 0.29) is 41.9 Å². The fourth-order valence-electron chi connectivity index (χ4n) is 5.73. The first-order chi connectivity index (χ1) is 22.0. The predicted molar refractivity (Wildman–Crippen MR) is 180 cm³/mol. The summed E-state index contributed by atoms with van der Waals surface area (Å²) in [6, 6.07) is 10.7. The molecular formula is C32H43N10O3S+. The van der Waals surface area contributed by atoms with Gasteiger partial charge < -0.3 is 20.3 Å². The molecule has 0 radical (unpaired) electrons. The van der Waals surface area contributed by atoms with Gasteiger partial charge in [-0.05, 0) is 70.1 Å². The molecule has 4 heterocycles. The van der Waals surface area contributed by atoms with Gasteiger partial charge in [-0.3, -0.25) is 35.9 Å². The van der Waals surface area contributed by atoms with E-state index in [1.54, 1.807) is 35.4 Å². The summed E-state index contributed by atoms with van der Waals surface area (Å²) in [5.74, 6) is 1.18. The molecule has 13 nitrogen and oxygen atoms in total. The third kappa shape index (κ3) is 7.45. The Morgan fingerprint density at radius 1 is 1.13 bits per heavy atom. The number of nitrogens with two attached hydrogens (primary N) is 3. The lowest BCUT2D eigenvalue weighted by molar-refractivity contribution is -0.132. The molecule has 2 fully saturated rings. The van der Waals surface area contributed by atoms with Crippen molar-refractivity contribution in [2.24, 2.45) is 11.7 Å². The second-order valence-corrected chi connectivity index (χ2v) is 12.8. The van der Waals surface area contributed by atoms with E-state index in [9.17, 15) is 9.59 Å². The molecule has 2 amide bonds. The molecule has 2 aromatic heterocycles. The first kappa shape index (κ1) is 32.8. The van der Waals surface area contributed by atoms with E-state index in [1.165, 1.54) is 11.3 Å². The lowest BCUT2D eigenvalue weighted by atomic mass is 10.0. The highest BCUT2D eigenvalue weighted by molar-refractivity contribution is 7.17. The number of aromatic nitrogens is 2. The van der Waals surface area contributed by atoms with E-state index < -0.39 is 0 Å². The number of piperazine rings is 1. The number of hydrogen-bond donors (Lipinski definition) is 4. The molecule has 0 unspecified atom stereocenters. The molecular weight excluding hydrogens is 604 g/mol. The molecule has 5 rings (SSSR count). The molecule has 1 aromatic carbocycles. The lowest BCUT2D eigenvalue weighted by Crippen LogP contribution is -2.51. The predicted octanol–water partition coefficient (Wildman–Crippen LogP) is 0.812. The summed E-state index contributed by atoms with van der Waals surface area (Å²) < 4.78 is 5.71. The first-order valence-corrected chi connectivity index (χ1v) is 16.4. The molecule has 2 saturated heterocycles. The standard InChI is InChI=1S/C32H42N10O3S/c1-4-42(26-10-9-24(33)29(38-26)28(34)21-5-7-23(8-6-21)45-20(2)3)31(44)22-11-12-39(18-22)19-27(43)40-13-15-41(16-14-40)32-37-17-25(46-32)30(35)36/h5-10,17,20,22,34H,4,11-16,18-19,33H2,1-3H3,(H3,35,36)/p+1/t22-/m1/s1. The molecule has 2 aliphatic heterocycles. The van der Waals surface area contributed by atoms with Crippen LogP contribution in [0.1, 0.15) is 43.3 Å². The SMILES string of the molecule is CCN(C(=O)[C@@H]1CCN(CC(=O)N2CCN(c3ncc(C(N)=[NH2+])s3)CC2)C1)c1ccc(N)c(C(=N)c2ccc(OC(C)C)cc2)n1. The molecule has 1 atom stereocenters. The first-order valence-electron chi connectivity index (χ1n) is 15.6. The Bertz CT molecular complexity index is 1580. The van der Waals surface area contributed by atoms with Gasteiger partial charge in [0.25, 0.3) is 5.84 Å². The van der Waals surface area contributed by atoms with E-state index in [1.807, 2.05) is 37.8 Å². The highest BCUT2D eigenvalue weighted by atomic mass is 32.1. The van der Waals surface area contributed by atoms with Gasteiger partial charge in [-0.1, -0.05) is 11.3 Å². The van der Waals surface area contributed by atoms with Gasteiger partial charge in [0.1, 0.15) is 22.1 Å². The molecule has 0 aliphatic carbocycles. The molecule has 46 heavy (non-hydrogen) atoms. The van der Waals surface area contributed by atoms with Crippen LogP contribution in [0.15, 0.2) is 42.6 Å². The Kier molecular flexibility index (Phi) is 10.2. The van der Waals surface area contributed by atoms with E-state index in [0.29, 0.717) is 75.0 Å². The normalized spacial score (nSPS) is 16.9. The fraction of sp³-hybridized carbons (Fsp3) is 0.438. The van der Waals surface area contributed by atoms with E-state index in [2.05, 4.69) is 19.8 Å². The lowest BCUT2D eigenvalue weighted by Gasteiger charge is -2.35. The number of thiazole rings is 1. The smallest absolute Gasteiger partial charge is 0.282 e. The summed E-state index contributed by atoms with van der Waals surface area (Å²) in [6.07, 6.45) is 2.38. The van der Waals surface area contributed by atoms with E-state index >= 15 is 0 Å². The molecule has 0 bridgehead atoms. The maximum Gasteiger partial charge on any atom is 0.282 e. The monoisotopic (exact) mass is 647 g/mol. The van der Waals surface area contributed by atoms with Crippen LogP contribution in [0, 0.1) is 11.3 Å². The maximum atomic E-state index is 13.7. The molecule has 3 aromatic rings. The van der Waals surface area contributed by atoms with Crippen molar-refractivity contribution in [3.8, 4) is 5.75 Å².